The Bertz CT molecular complexity index is 1920. The van der Waals surface area contributed by atoms with Crippen LogP contribution in [-0.2, 0) is 19.1 Å². The van der Waals surface area contributed by atoms with Crippen molar-refractivity contribution in [3.8, 4) is 11.3 Å². The molecule has 8 nitrogen and oxygen atoms in total. The van der Waals surface area contributed by atoms with Crippen molar-refractivity contribution in [3.05, 3.63) is 42.1 Å². The fraction of sp³-hybridized carbons (Fsp3) is 0.755. The minimum atomic E-state index is -1.16. The Labute approximate surface area is 346 Å². The minimum absolute atomic E-state index is 0.0759. The molecule has 5 aliphatic carbocycles. The standard InChI is InChI=1S/C49H70FN3O5/c1-29(2)32-18-23-49(42(55)53-26-10-11-35(53)41-51-28-34(52-41)30-12-14-31(50)15-13-30)25-24-47(8)33(40(32)49)16-17-37-46(7)21-20-38(58-39(54)27-44(3,4)43(56)57)45(5,6)36(46)19-22-48(37,47)9/h12-15,28-29,32-33,35-38,40H,10-11,16-27H2,1-9H3,(H,51,52)(H,56,57)/t32-,33+,35?,36-,37+,38-,40+,46-,47+,48+,49-/m0/s1. The van der Waals surface area contributed by atoms with Crippen LogP contribution in [-0.4, -0.2) is 50.5 Å². The van der Waals surface area contributed by atoms with Crippen LogP contribution in [0.5, 0.6) is 0 Å². The molecule has 8 rings (SSSR count). The third-order valence-electron chi connectivity index (χ3n) is 18.7. The Kier molecular flexibility index (Phi) is 10.1. The molecule has 2 aromatic rings. The Morgan fingerprint density at radius 3 is 2.33 bits per heavy atom. The van der Waals surface area contributed by atoms with Crippen molar-refractivity contribution in [1.29, 1.82) is 0 Å². The number of esters is 1. The van der Waals surface area contributed by atoms with Crippen LogP contribution in [0.3, 0.4) is 0 Å². The van der Waals surface area contributed by atoms with E-state index < -0.39 is 17.4 Å². The summed E-state index contributed by atoms with van der Waals surface area (Å²) in [5, 5.41) is 9.66. The number of hydrogen-bond acceptors (Lipinski definition) is 5. The van der Waals surface area contributed by atoms with Crippen molar-refractivity contribution in [2.75, 3.05) is 6.54 Å². The highest BCUT2D eigenvalue weighted by atomic mass is 19.1. The first kappa shape index (κ1) is 41.5. The number of nitrogens with zero attached hydrogens (tertiary/aromatic N) is 2. The molecular formula is C49H70FN3O5. The number of rotatable bonds is 8. The number of aromatic nitrogens is 2. The summed E-state index contributed by atoms with van der Waals surface area (Å²) in [7, 11) is 0. The van der Waals surface area contributed by atoms with Gasteiger partial charge in [-0.15, -0.1) is 0 Å². The molecule has 0 spiro atoms. The van der Waals surface area contributed by atoms with Crippen molar-refractivity contribution in [2.24, 2.45) is 68.0 Å². The molecule has 6 fully saturated rings. The number of benzene rings is 1. The van der Waals surface area contributed by atoms with Gasteiger partial charge in [0, 0.05) is 12.0 Å². The summed E-state index contributed by atoms with van der Waals surface area (Å²) in [5.41, 5.74) is 0.353. The van der Waals surface area contributed by atoms with Gasteiger partial charge in [-0.25, -0.2) is 9.37 Å². The summed E-state index contributed by atoms with van der Waals surface area (Å²) >= 11 is 0. The van der Waals surface area contributed by atoms with Gasteiger partial charge in [0.1, 0.15) is 17.7 Å². The Morgan fingerprint density at radius 1 is 0.914 bits per heavy atom. The van der Waals surface area contributed by atoms with Crippen LogP contribution in [0, 0.1) is 73.8 Å². The summed E-state index contributed by atoms with van der Waals surface area (Å²) in [4.78, 5) is 51.1. The normalized spacial score (nSPS) is 39.4. The number of nitrogens with one attached hydrogen (secondary N) is 1. The number of imidazole rings is 1. The average molecular weight is 800 g/mol. The fourth-order valence-corrected chi connectivity index (χ4v) is 15.4. The van der Waals surface area contributed by atoms with Crippen LogP contribution < -0.4 is 0 Å². The van der Waals surface area contributed by atoms with Gasteiger partial charge in [0.25, 0.3) is 0 Å². The number of aromatic amines is 1. The smallest absolute Gasteiger partial charge is 0.309 e. The van der Waals surface area contributed by atoms with Gasteiger partial charge in [-0.3, -0.25) is 14.4 Å². The third kappa shape index (κ3) is 6.14. The number of carboxylic acids is 1. The van der Waals surface area contributed by atoms with Gasteiger partial charge in [0.2, 0.25) is 5.91 Å². The van der Waals surface area contributed by atoms with Gasteiger partial charge in [-0.1, -0.05) is 48.5 Å². The van der Waals surface area contributed by atoms with Crippen LogP contribution in [0.4, 0.5) is 4.39 Å². The maximum Gasteiger partial charge on any atom is 0.309 e. The molecule has 1 amide bonds. The lowest BCUT2D eigenvalue weighted by atomic mass is 9.32. The highest BCUT2D eigenvalue weighted by molar-refractivity contribution is 5.85. The van der Waals surface area contributed by atoms with E-state index in [0.717, 1.165) is 94.3 Å². The highest BCUT2D eigenvalue weighted by Crippen LogP contribution is 2.78. The lowest BCUT2D eigenvalue weighted by Crippen LogP contribution is -2.67. The molecule has 58 heavy (non-hydrogen) atoms. The SMILES string of the molecule is CC(C)[C@@H]1CC[C@]2(C(=O)N3CCCC3c3ncc(-c4ccc(F)cc4)[nH]3)CC[C@]3(C)[C@H](CC[C@@H]4[C@@]5(C)CC[C@H](OC(=O)CC(C)(C)C(=O)O)C(C)(C)[C@@H]5CC[C@]43C)[C@@H]12. The van der Waals surface area contributed by atoms with Gasteiger partial charge < -0.3 is 19.7 Å². The number of carboxylic acid groups (broad SMARTS) is 1. The van der Waals surface area contributed by atoms with Crippen LogP contribution in [0.1, 0.15) is 158 Å². The number of carbonyl (C=O) groups is 3. The monoisotopic (exact) mass is 800 g/mol. The molecule has 0 bridgehead atoms. The molecule has 1 aromatic carbocycles. The molecule has 2 N–H and O–H groups in total. The molecule has 9 heteroatoms. The molecule has 1 unspecified atom stereocenters. The fourth-order valence-electron chi connectivity index (χ4n) is 15.4. The Morgan fingerprint density at radius 2 is 1.64 bits per heavy atom. The van der Waals surface area contributed by atoms with Crippen LogP contribution in [0.2, 0.25) is 0 Å². The number of aliphatic carboxylic acids is 1. The lowest BCUT2D eigenvalue weighted by molar-refractivity contribution is -0.251. The van der Waals surface area contributed by atoms with E-state index in [1.807, 2.05) is 6.20 Å². The number of amides is 1. The topological polar surface area (TPSA) is 113 Å². The van der Waals surface area contributed by atoms with Gasteiger partial charge in [-0.05, 0) is 172 Å². The molecule has 0 radical (unpaired) electrons. The molecule has 1 aromatic heterocycles. The number of H-pyrrole nitrogens is 1. The van der Waals surface area contributed by atoms with E-state index in [2.05, 4.69) is 58.4 Å². The van der Waals surface area contributed by atoms with Crippen molar-refractivity contribution in [2.45, 2.75) is 158 Å². The van der Waals surface area contributed by atoms with E-state index >= 15 is 4.79 Å². The number of carbonyl (C=O) groups excluding carboxylic acids is 2. The second kappa shape index (κ2) is 14.2. The van der Waals surface area contributed by atoms with Crippen molar-refractivity contribution >= 4 is 17.8 Å². The first-order valence-electron chi connectivity index (χ1n) is 22.7. The quantitative estimate of drug-likeness (QED) is 0.257. The zero-order chi connectivity index (χ0) is 41.8. The van der Waals surface area contributed by atoms with Crippen molar-refractivity contribution in [1.82, 2.24) is 14.9 Å². The molecule has 2 heterocycles. The van der Waals surface area contributed by atoms with E-state index in [1.54, 1.807) is 26.0 Å². The van der Waals surface area contributed by atoms with Gasteiger partial charge in [0.05, 0.1) is 35.2 Å². The highest BCUT2D eigenvalue weighted by Gasteiger charge is 2.72. The van der Waals surface area contributed by atoms with Crippen molar-refractivity contribution < 1.29 is 28.6 Å². The Hall–Kier alpha value is -3.23. The van der Waals surface area contributed by atoms with E-state index in [1.165, 1.54) is 18.6 Å². The summed E-state index contributed by atoms with van der Waals surface area (Å²) in [6.45, 7) is 21.2. The molecule has 1 aliphatic heterocycles. The molecule has 5 saturated carbocycles. The summed E-state index contributed by atoms with van der Waals surface area (Å²) in [6.07, 6.45) is 13.9. The number of fused-ring (bicyclic) bond motifs is 7. The minimum Gasteiger partial charge on any atom is -0.481 e. The summed E-state index contributed by atoms with van der Waals surface area (Å²) < 4.78 is 19.9. The van der Waals surface area contributed by atoms with Gasteiger partial charge >= 0.3 is 11.9 Å². The summed E-state index contributed by atoms with van der Waals surface area (Å²) in [5.74, 6) is 2.37. The predicted molar refractivity (Wildman–Crippen MR) is 223 cm³/mol. The lowest BCUT2D eigenvalue weighted by Gasteiger charge is -2.73. The van der Waals surface area contributed by atoms with Crippen LogP contribution in [0.15, 0.2) is 30.5 Å². The van der Waals surface area contributed by atoms with E-state index in [-0.39, 0.29) is 51.5 Å². The Balaban J connectivity index is 1.05. The maximum absolute atomic E-state index is 15.5. The third-order valence-corrected chi connectivity index (χ3v) is 18.7. The maximum atomic E-state index is 15.5. The number of ether oxygens (including phenoxy) is 1. The molecule has 6 aliphatic rings. The number of likely N-dealkylation sites (tertiary alicyclic amines) is 1. The molecular weight excluding hydrogens is 730 g/mol. The second-order valence-electron chi connectivity index (χ2n) is 22.3. The van der Waals surface area contributed by atoms with E-state index in [4.69, 9.17) is 9.72 Å². The first-order chi connectivity index (χ1) is 27.2. The van der Waals surface area contributed by atoms with Crippen LogP contribution >= 0.6 is 0 Å². The van der Waals surface area contributed by atoms with Gasteiger partial charge in [0.15, 0.2) is 0 Å². The zero-order valence-electron chi connectivity index (χ0n) is 36.8. The van der Waals surface area contributed by atoms with E-state index in [0.29, 0.717) is 41.4 Å². The first-order valence-corrected chi connectivity index (χ1v) is 22.7. The molecule has 11 atom stereocenters. The molecule has 1 saturated heterocycles. The predicted octanol–water partition coefficient (Wildman–Crippen LogP) is 11.0. The number of hydrogen-bond donors (Lipinski definition) is 2. The van der Waals surface area contributed by atoms with Gasteiger partial charge in [-0.2, -0.15) is 0 Å². The largest absolute Gasteiger partial charge is 0.481 e. The van der Waals surface area contributed by atoms with E-state index in [9.17, 15) is 19.1 Å². The summed E-state index contributed by atoms with van der Waals surface area (Å²) in [6, 6.07) is 6.42. The molecule has 318 valence electrons. The zero-order valence-corrected chi connectivity index (χ0v) is 36.8. The van der Waals surface area contributed by atoms with Crippen LogP contribution in [0.25, 0.3) is 11.3 Å². The average Bonchev–Trinajstić information content (AvgIpc) is 3.92. The second-order valence-corrected chi connectivity index (χ2v) is 22.3. The van der Waals surface area contributed by atoms with Crippen molar-refractivity contribution in [3.63, 3.8) is 0 Å². The number of halogens is 1.